The van der Waals surface area contributed by atoms with Gasteiger partial charge in [-0.2, -0.15) is 9.97 Å². The molecule has 0 saturated heterocycles. The molecule has 0 radical (unpaired) electrons. The van der Waals surface area contributed by atoms with Crippen molar-refractivity contribution >= 4 is 17.6 Å². The molecule has 0 aromatic carbocycles. The topological polar surface area (TPSA) is 96.1 Å². The Morgan fingerprint density at radius 3 is 2.61 bits per heavy atom. The Kier molecular flexibility index (Phi) is 3.86. The van der Waals surface area contributed by atoms with Gasteiger partial charge in [0.1, 0.15) is 11.6 Å². The molecule has 1 aliphatic carbocycles. The maximum absolute atomic E-state index is 9.57. The fourth-order valence-corrected chi connectivity index (χ4v) is 2.45. The first-order valence-corrected chi connectivity index (χ1v) is 6.45. The fraction of sp³-hybridized carbons (Fsp3) is 0.667. The smallest absolute Gasteiger partial charge is 0.223 e. The van der Waals surface area contributed by atoms with Crippen LogP contribution in [0.5, 0.6) is 0 Å². The summed E-state index contributed by atoms with van der Waals surface area (Å²) in [5.74, 6) is 1.62. The van der Waals surface area contributed by atoms with Crippen molar-refractivity contribution < 1.29 is 5.11 Å². The number of aromatic nitrogens is 2. The average molecular weight is 251 g/mol. The summed E-state index contributed by atoms with van der Waals surface area (Å²) < 4.78 is 0. The first-order valence-electron chi connectivity index (χ1n) is 6.45. The van der Waals surface area contributed by atoms with Crippen molar-refractivity contribution in [2.75, 3.05) is 29.5 Å². The van der Waals surface area contributed by atoms with Crippen LogP contribution in [0.2, 0.25) is 0 Å². The maximum atomic E-state index is 9.57. The number of aliphatic hydroxyl groups is 1. The zero-order valence-electron chi connectivity index (χ0n) is 10.7. The largest absolute Gasteiger partial charge is 0.394 e. The Balaban J connectivity index is 2.17. The summed E-state index contributed by atoms with van der Waals surface area (Å²) in [6.07, 6.45) is 4.19. The number of nitrogens with two attached hydrogens (primary N) is 1. The third-order valence-corrected chi connectivity index (χ3v) is 3.36. The van der Waals surface area contributed by atoms with Crippen LogP contribution in [-0.2, 0) is 0 Å². The Hall–Kier alpha value is -1.56. The lowest BCUT2D eigenvalue weighted by Gasteiger charge is -2.28. The van der Waals surface area contributed by atoms with E-state index in [0.29, 0.717) is 11.6 Å². The molecule has 1 aliphatic rings. The number of hydrogen-bond acceptors (Lipinski definition) is 6. The van der Waals surface area contributed by atoms with Crippen LogP contribution in [0.15, 0.2) is 6.07 Å². The third kappa shape index (κ3) is 2.81. The fourth-order valence-electron chi connectivity index (χ4n) is 2.45. The molecule has 6 heteroatoms. The van der Waals surface area contributed by atoms with Crippen LogP contribution in [0, 0.1) is 0 Å². The number of hydrogen-bond donors (Lipinski definition) is 4. The highest BCUT2D eigenvalue weighted by atomic mass is 16.3. The van der Waals surface area contributed by atoms with Gasteiger partial charge in [-0.3, -0.25) is 0 Å². The number of nitrogen functional groups attached to an aromatic ring is 1. The molecule has 0 spiro atoms. The molecule has 1 aromatic rings. The molecule has 0 amide bonds. The van der Waals surface area contributed by atoms with Gasteiger partial charge in [0, 0.05) is 12.6 Å². The highest BCUT2D eigenvalue weighted by Gasteiger charge is 2.33. The second-order valence-corrected chi connectivity index (χ2v) is 4.80. The van der Waals surface area contributed by atoms with E-state index in [0.717, 1.165) is 32.2 Å². The van der Waals surface area contributed by atoms with Crippen LogP contribution in [0.25, 0.3) is 0 Å². The highest BCUT2D eigenvalue weighted by Crippen LogP contribution is 2.32. The molecule has 5 N–H and O–H groups in total. The zero-order chi connectivity index (χ0) is 13.0. The number of aliphatic hydroxyl groups excluding tert-OH is 1. The first kappa shape index (κ1) is 12.9. The Bertz CT molecular complexity index is 403. The maximum Gasteiger partial charge on any atom is 0.223 e. The zero-order valence-corrected chi connectivity index (χ0v) is 10.7. The molecular formula is C12H21N5O. The van der Waals surface area contributed by atoms with Crippen molar-refractivity contribution in [3.8, 4) is 0 Å². The molecule has 0 aliphatic heterocycles. The van der Waals surface area contributed by atoms with Crippen LogP contribution in [0.1, 0.15) is 32.6 Å². The van der Waals surface area contributed by atoms with Gasteiger partial charge in [-0.05, 0) is 19.8 Å². The van der Waals surface area contributed by atoms with Crippen molar-refractivity contribution in [1.82, 2.24) is 9.97 Å². The van der Waals surface area contributed by atoms with E-state index in [2.05, 4.69) is 20.6 Å². The predicted molar refractivity (Wildman–Crippen MR) is 72.5 cm³/mol. The van der Waals surface area contributed by atoms with Crippen molar-refractivity contribution in [2.45, 2.75) is 38.1 Å². The molecule has 1 aromatic heterocycles. The van der Waals surface area contributed by atoms with Crippen LogP contribution < -0.4 is 16.4 Å². The molecule has 1 saturated carbocycles. The summed E-state index contributed by atoms with van der Waals surface area (Å²) >= 11 is 0. The van der Waals surface area contributed by atoms with E-state index in [-0.39, 0.29) is 18.1 Å². The summed E-state index contributed by atoms with van der Waals surface area (Å²) in [4.78, 5) is 8.28. The molecule has 0 bridgehead atoms. The van der Waals surface area contributed by atoms with E-state index >= 15 is 0 Å². The van der Waals surface area contributed by atoms with Gasteiger partial charge < -0.3 is 21.5 Å². The molecule has 1 heterocycles. The second kappa shape index (κ2) is 5.39. The van der Waals surface area contributed by atoms with Crippen molar-refractivity contribution in [3.63, 3.8) is 0 Å². The summed E-state index contributed by atoms with van der Waals surface area (Å²) in [6.45, 7) is 2.89. The van der Waals surface area contributed by atoms with E-state index in [9.17, 15) is 5.11 Å². The van der Waals surface area contributed by atoms with E-state index in [4.69, 9.17) is 5.73 Å². The third-order valence-electron chi connectivity index (χ3n) is 3.36. The van der Waals surface area contributed by atoms with Gasteiger partial charge in [0.15, 0.2) is 0 Å². The molecule has 1 fully saturated rings. The standard InChI is InChI=1S/C12H21N5O/c1-2-14-9-7-10(16-11(13)15-9)17-12(8-18)5-3-4-6-12/h7,18H,2-6,8H2,1H3,(H4,13,14,15,16,17). The van der Waals surface area contributed by atoms with Gasteiger partial charge in [-0.15, -0.1) is 0 Å². The quantitative estimate of drug-likeness (QED) is 0.628. The van der Waals surface area contributed by atoms with Crippen LogP contribution in [0.4, 0.5) is 17.6 Å². The Morgan fingerprint density at radius 2 is 2.00 bits per heavy atom. The van der Waals surface area contributed by atoms with Gasteiger partial charge in [0.25, 0.3) is 0 Å². The van der Waals surface area contributed by atoms with Gasteiger partial charge in [0.2, 0.25) is 5.95 Å². The molecule has 2 rings (SSSR count). The number of nitrogens with one attached hydrogen (secondary N) is 2. The monoisotopic (exact) mass is 251 g/mol. The molecule has 100 valence electrons. The Morgan fingerprint density at radius 1 is 1.33 bits per heavy atom. The minimum atomic E-state index is -0.246. The molecule has 18 heavy (non-hydrogen) atoms. The van der Waals surface area contributed by atoms with Gasteiger partial charge in [0.05, 0.1) is 12.1 Å². The van der Waals surface area contributed by atoms with Crippen LogP contribution in [-0.4, -0.2) is 33.8 Å². The Labute approximate surface area is 107 Å². The van der Waals surface area contributed by atoms with Crippen molar-refractivity contribution in [1.29, 1.82) is 0 Å². The van der Waals surface area contributed by atoms with Gasteiger partial charge in [-0.25, -0.2) is 0 Å². The van der Waals surface area contributed by atoms with Crippen LogP contribution in [0.3, 0.4) is 0 Å². The predicted octanol–water partition coefficient (Wildman–Crippen LogP) is 1.21. The molecule has 0 unspecified atom stereocenters. The summed E-state index contributed by atoms with van der Waals surface area (Å²) in [5, 5.41) is 16.0. The average Bonchev–Trinajstić information content (AvgIpc) is 2.78. The molecule has 6 nitrogen and oxygen atoms in total. The second-order valence-electron chi connectivity index (χ2n) is 4.80. The van der Waals surface area contributed by atoms with Crippen LogP contribution >= 0.6 is 0 Å². The normalized spacial score (nSPS) is 17.7. The highest BCUT2D eigenvalue weighted by molar-refractivity contribution is 5.52. The minimum absolute atomic E-state index is 0.118. The van der Waals surface area contributed by atoms with Crippen molar-refractivity contribution in [2.24, 2.45) is 0 Å². The number of nitrogens with zero attached hydrogens (tertiary/aromatic N) is 2. The SMILES string of the molecule is CCNc1cc(NC2(CO)CCCC2)nc(N)n1. The van der Waals surface area contributed by atoms with E-state index in [1.807, 2.05) is 13.0 Å². The van der Waals surface area contributed by atoms with Crippen molar-refractivity contribution in [3.05, 3.63) is 6.07 Å². The summed E-state index contributed by atoms with van der Waals surface area (Å²) in [5.41, 5.74) is 5.44. The lowest BCUT2D eigenvalue weighted by atomic mass is 9.99. The first-order chi connectivity index (χ1) is 8.67. The minimum Gasteiger partial charge on any atom is -0.394 e. The van der Waals surface area contributed by atoms with Gasteiger partial charge in [-0.1, -0.05) is 12.8 Å². The van der Waals surface area contributed by atoms with E-state index < -0.39 is 0 Å². The lowest BCUT2D eigenvalue weighted by Crippen LogP contribution is -2.39. The molecular weight excluding hydrogens is 230 g/mol. The van der Waals surface area contributed by atoms with E-state index in [1.54, 1.807) is 0 Å². The lowest BCUT2D eigenvalue weighted by molar-refractivity contribution is 0.214. The van der Waals surface area contributed by atoms with E-state index in [1.165, 1.54) is 0 Å². The number of rotatable bonds is 5. The van der Waals surface area contributed by atoms with Gasteiger partial charge >= 0.3 is 0 Å². The summed E-state index contributed by atoms with van der Waals surface area (Å²) in [7, 11) is 0. The number of anilines is 3. The summed E-state index contributed by atoms with van der Waals surface area (Å²) in [6, 6.07) is 1.83. The molecule has 0 atom stereocenters.